The molecule has 1 heterocycles. The number of anilines is 1. The normalized spacial score (nSPS) is 14.5. The van der Waals surface area contributed by atoms with E-state index in [-0.39, 0.29) is 18.9 Å². The number of nitro benzene ring substituents is 1. The summed E-state index contributed by atoms with van der Waals surface area (Å²) in [5, 5.41) is 10.9. The number of nitrogens with zero attached hydrogens (tertiary/aromatic N) is 2. The van der Waals surface area contributed by atoms with Crippen molar-refractivity contribution in [3.05, 3.63) is 28.3 Å². The number of benzene rings is 1. The van der Waals surface area contributed by atoms with Crippen LogP contribution in [0, 0.1) is 10.1 Å². The van der Waals surface area contributed by atoms with E-state index in [1.165, 1.54) is 12.1 Å². The molecule has 0 unspecified atom stereocenters. The van der Waals surface area contributed by atoms with Gasteiger partial charge in [-0.25, -0.2) is 4.79 Å². The molecule has 1 aromatic carbocycles. The molecule has 0 radical (unpaired) electrons. The van der Waals surface area contributed by atoms with Gasteiger partial charge in [-0.1, -0.05) is 0 Å². The molecule has 0 atom stereocenters. The van der Waals surface area contributed by atoms with Gasteiger partial charge in [0.2, 0.25) is 0 Å². The summed E-state index contributed by atoms with van der Waals surface area (Å²) in [5.74, 6) is -0.217. The number of non-ortho nitro benzene ring substituents is 1. The van der Waals surface area contributed by atoms with E-state index < -0.39 is 10.9 Å². The van der Waals surface area contributed by atoms with Crippen LogP contribution < -0.4 is 9.64 Å². The molecule has 1 aromatic rings. The number of nitro groups is 1. The van der Waals surface area contributed by atoms with Gasteiger partial charge in [-0.3, -0.25) is 10.1 Å². The summed E-state index contributed by atoms with van der Waals surface area (Å²) >= 11 is 0. The van der Waals surface area contributed by atoms with Crippen LogP contribution in [-0.4, -0.2) is 50.4 Å². The second-order valence-electron chi connectivity index (χ2n) is 4.60. The summed E-state index contributed by atoms with van der Waals surface area (Å²) in [7, 11) is 0. The second kappa shape index (κ2) is 7.60. The highest BCUT2D eigenvalue weighted by Crippen LogP contribution is 2.32. The molecule has 0 bridgehead atoms. The van der Waals surface area contributed by atoms with E-state index in [9.17, 15) is 14.9 Å². The lowest BCUT2D eigenvalue weighted by atomic mass is 10.2. The number of carbonyl (C=O) groups is 1. The van der Waals surface area contributed by atoms with Gasteiger partial charge in [-0.2, -0.15) is 0 Å². The lowest BCUT2D eigenvalue weighted by Gasteiger charge is -2.30. The van der Waals surface area contributed by atoms with E-state index in [2.05, 4.69) is 0 Å². The first-order valence-electron chi connectivity index (χ1n) is 7.01. The van der Waals surface area contributed by atoms with Crippen molar-refractivity contribution in [1.29, 1.82) is 0 Å². The molecule has 0 spiro atoms. The molecular formula is C14H18N2O6. The van der Waals surface area contributed by atoms with Gasteiger partial charge in [0.1, 0.15) is 5.75 Å². The first-order valence-corrected chi connectivity index (χ1v) is 7.01. The van der Waals surface area contributed by atoms with Crippen LogP contribution in [-0.2, 0) is 14.3 Å². The van der Waals surface area contributed by atoms with Crippen molar-refractivity contribution in [2.75, 3.05) is 44.4 Å². The third kappa shape index (κ3) is 4.08. The number of hydrogen-bond donors (Lipinski definition) is 0. The van der Waals surface area contributed by atoms with Crippen LogP contribution in [0.2, 0.25) is 0 Å². The summed E-state index contributed by atoms with van der Waals surface area (Å²) < 4.78 is 15.5. The molecular weight excluding hydrogens is 292 g/mol. The zero-order valence-corrected chi connectivity index (χ0v) is 12.3. The standard InChI is InChI=1S/C14H18N2O6/c1-2-21-14(17)10-22-13-9-11(16(18)19)3-4-12(13)15-5-7-20-8-6-15/h3-4,9H,2,5-8,10H2,1H3. The number of hydrogen-bond acceptors (Lipinski definition) is 7. The zero-order valence-electron chi connectivity index (χ0n) is 12.3. The van der Waals surface area contributed by atoms with E-state index >= 15 is 0 Å². The topological polar surface area (TPSA) is 91.1 Å². The van der Waals surface area contributed by atoms with Crippen molar-refractivity contribution in [3.8, 4) is 5.75 Å². The Morgan fingerprint density at radius 2 is 2.14 bits per heavy atom. The molecule has 2 rings (SSSR count). The highest BCUT2D eigenvalue weighted by atomic mass is 16.6. The Kier molecular flexibility index (Phi) is 5.54. The van der Waals surface area contributed by atoms with Gasteiger partial charge < -0.3 is 19.1 Å². The predicted molar refractivity (Wildman–Crippen MR) is 78.3 cm³/mol. The van der Waals surface area contributed by atoms with Gasteiger partial charge >= 0.3 is 5.97 Å². The Morgan fingerprint density at radius 3 is 2.77 bits per heavy atom. The Bertz CT molecular complexity index is 542. The summed E-state index contributed by atoms with van der Waals surface area (Å²) in [6.07, 6.45) is 0. The van der Waals surface area contributed by atoms with Crippen LogP contribution in [0.1, 0.15) is 6.92 Å². The Labute approximate surface area is 127 Å². The van der Waals surface area contributed by atoms with Gasteiger partial charge in [-0.05, 0) is 13.0 Å². The maximum absolute atomic E-state index is 11.4. The maximum atomic E-state index is 11.4. The summed E-state index contributed by atoms with van der Waals surface area (Å²) in [4.78, 5) is 23.8. The van der Waals surface area contributed by atoms with Crippen LogP contribution in [0.15, 0.2) is 18.2 Å². The minimum absolute atomic E-state index is 0.0872. The molecule has 0 aliphatic carbocycles. The zero-order chi connectivity index (χ0) is 15.9. The third-order valence-corrected chi connectivity index (χ3v) is 3.16. The number of rotatable bonds is 6. The third-order valence-electron chi connectivity index (χ3n) is 3.16. The molecule has 1 saturated heterocycles. The van der Waals surface area contributed by atoms with Gasteiger partial charge in [0.15, 0.2) is 6.61 Å². The molecule has 1 aliphatic heterocycles. The molecule has 0 amide bonds. The molecule has 1 aliphatic rings. The smallest absolute Gasteiger partial charge is 0.344 e. The van der Waals surface area contributed by atoms with Crippen molar-refractivity contribution in [2.45, 2.75) is 6.92 Å². The summed E-state index contributed by atoms with van der Waals surface area (Å²) in [6, 6.07) is 4.37. The Morgan fingerprint density at radius 1 is 1.41 bits per heavy atom. The van der Waals surface area contributed by atoms with Crippen molar-refractivity contribution in [1.82, 2.24) is 0 Å². The fourth-order valence-corrected chi connectivity index (χ4v) is 2.14. The fraction of sp³-hybridized carbons (Fsp3) is 0.500. The highest BCUT2D eigenvalue weighted by Gasteiger charge is 2.19. The molecule has 0 saturated carbocycles. The Balaban J connectivity index is 2.19. The van der Waals surface area contributed by atoms with Crippen LogP contribution in [0.25, 0.3) is 0 Å². The SMILES string of the molecule is CCOC(=O)COc1cc([N+](=O)[O-])ccc1N1CCOCC1. The van der Waals surface area contributed by atoms with E-state index in [4.69, 9.17) is 14.2 Å². The molecule has 0 N–H and O–H groups in total. The highest BCUT2D eigenvalue weighted by molar-refractivity contribution is 5.72. The molecule has 8 heteroatoms. The lowest BCUT2D eigenvalue weighted by Crippen LogP contribution is -2.36. The lowest BCUT2D eigenvalue weighted by molar-refractivity contribution is -0.384. The molecule has 1 fully saturated rings. The number of ether oxygens (including phenoxy) is 3. The molecule has 120 valence electrons. The van der Waals surface area contributed by atoms with Crippen molar-refractivity contribution in [2.24, 2.45) is 0 Å². The molecule has 22 heavy (non-hydrogen) atoms. The minimum Gasteiger partial charge on any atom is -0.479 e. The first-order chi connectivity index (χ1) is 10.6. The van der Waals surface area contributed by atoms with Gasteiger partial charge in [0, 0.05) is 19.2 Å². The van der Waals surface area contributed by atoms with Crippen molar-refractivity contribution < 1.29 is 23.9 Å². The van der Waals surface area contributed by atoms with Crippen LogP contribution in [0.5, 0.6) is 5.75 Å². The fourth-order valence-electron chi connectivity index (χ4n) is 2.14. The Hall–Kier alpha value is -2.35. The largest absolute Gasteiger partial charge is 0.479 e. The molecule has 8 nitrogen and oxygen atoms in total. The van der Waals surface area contributed by atoms with Crippen LogP contribution in [0.3, 0.4) is 0 Å². The van der Waals surface area contributed by atoms with E-state index in [0.29, 0.717) is 37.7 Å². The van der Waals surface area contributed by atoms with E-state index in [1.54, 1.807) is 13.0 Å². The number of morpholine rings is 1. The van der Waals surface area contributed by atoms with Crippen molar-refractivity contribution >= 4 is 17.3 Å². The number of carbonyl (C=O) groups excluding carboxylic acids is 1. The average Bonchev–Trinajstić information content (AvgIpc) is 2.53. The van der Waals surface area contributed by atoms with E-state index in [1.807, 2.05) is 4.90 Å². The monoisotopic (exact) mass is 310 g/mol. The summed E-state index contributed by atoms with van der Waals surface area (Å²) in [6.45, 7) is 4.15. The number of esters is 1. The van der Waals surface area contributed by atoms with Gasteiger partial charge in [-0.15, -0.1) is 0 Å². The minimum atomic E-state index is -0.512. The predicted octanol–water partition coefficient (Wildman–Crippen LogP) is 1.37. The van der Waals surface area contributed by atoms with Crippen LogP contribution >= 0.6 is 0 Å². The van der Waals surface area contributed by atoms with Gasteiger partial charge in [0.25, 0.3) is 5.69 Å². The molecule has 0 aromatic heterocycles. The second-order valence-corrected chi connectivity index (χ2v) is 4.60. The van der Waals surface area contributed by atoms with Crippen molar-refractivity contribution in [3.63, 3.8) is 0 Å². The van der Waals surface area contributed by atoms with E-state index in [0.717, 1.165) is 0 Å². The van der Waals surface area contributed by atoms with Gasteiger partial charge in [0.05, 0.1) is 36.5 Å². The quantitative estimate of drug-likeness (QED) is 0.445. The average molecular weight is 310 g/mol. The summed E-state index contributed by atoms with van der Waals surface area (Å²) in [5.41, 5.74) is 0.620. The van der Waals surface area contributed by atoms with Crippen LogP contribution in [0.4, 0.5) is 11.4 Å². The maximum Gasteiger partial charge on any atom is 0.344 e. The first kappa shape index (κ1) is 16.0.